The summed E-state index contributed by atoms with van der Waals surface area (Å²) in [7, 11) is 0. The average Bonchev–Trinajstić information content (AvgIpc) is 2.60. The van der Waals surface area contributed by atoms with Crippen LogP contribution in [0.3, 0.4) is 0 Å². The van der Waals surface area contributed by atoms with Crippen molar-refractivity contribution < 1.29 is 27.9 Å². The van der Waals surface area contributed by atoms with Crippen LogP contribution in [0.5, 0.6) is 0 Å². The second kappa shape index (κ2) is 9.67. The minimum atomic E-state index is -0.886. The van der Waals surface area contributed by atoms with Gasteiger partial charge in [0.05, 0.1) is 5.56 Å². The van der Waals surface area contributed by atoms with Gasteiger partial charge < -0.3 is 20.3 Å². The molecule has 3 amide bonds. The number of benzene rings is 1. The van der Waals surface area contributed by atoms with Crippen LogP contribution in [-0.2, 0) is 9.53 Å². The molecule has 0 saturated carbocycles. The van der Waals surface area contributed by atoms with E-state index in [0.29, 0.717) is 32.0 Å². The van der Waals surface area contributed by atoms with Gasteiger partial charge in [-0.2, -0.15) is 0 Å². The van der Waals surface area contributed by atoms with E-state index in [0.717, 1.165) is 12.1 Å². The van der Waals surface area contributed by atoms with Crippen molar-refractivity contribution >= 4 is 17.9 Å². The summed E-state index contributed by atoms with van der Waals surface area (Å²) in [6.45, 7) is 6.12. The maximum absolute atomic E-state index is 13.8. The van der Waals surface area contributed by atoms with E-state index in [4.69, 9.17) is 4.74 Å². The quantitative estimate of drug-likeness (QED) is 0.780. The first-order valence-corrected chi connectivity index (χ1v) is 9.55. The predicted molar refractivity (Wildman–Crippen MR) is 102 cm³/mol. The van der Waals surface area contributed by atoms with Gasteiger partial charge in [0, 0.05) is 38.2 Å². The SMILES string of the molecule is CC(C)(C)OC(=O)NCCC(=O)NC1CCN(C(=O)c2ccc(F)cc2F)CC1. The van der Waals surface area contributed by atoms with Gasteiger partial charge in [-0.25, -0.2) is 13.6 Å². The van der Waals surface area contributed by atoms with Gasteiger partial charge >= 0.3 is 6.09 Å². The van der Waals surface area contributed by atoms with Crippen molar-refractivity contribution in [3.8, 4) is 0 Å². The van der Waals surface area contributed by atoms with Gasteiger partial charge in [0.2, 0.25) is 5.91 Å². The molecule has 7 nitrogen and oxygen atoms in total. The van der Waals surface area contributed by atoms with Crippen LogP contribution in [0.2, 0.25) is 0 Å². The molecule has 0 bridgehead atoms. The van der Waals surface area contributed by atoms with Gasteiger partial charge in [-0.1, -0.05) is 0 Å². The molecule has 0 radical (unpaired) electrons. The first-order valence-electron chi connectivity index (χ1n) is 9.55. The van der Waals surface area contributed by atoms with Crippen molar-refractivity contribution in [2.45, 2.75) is 51.7 Å². The Labute approximate surface area is 168 Å². The lowest BCUT2D eigenvalue weighted by Crippen LogP contribution is -2.47. The zero-order valence-electron chi connectivity index (χ0n) is 16.9. The number of nitrogens with one attached hydrogen (secondary N) is 2. The van der Waals surface area contributed by atoms with E-state index in [-0.39, 0.29) is 30.5 Å². The van der Waals surface area contributed by atoms with E-state index in [9.17, 15) is 23.2 Å². The maximum Gasteiger partial charge on any atom is 0.407 e. The fraction of sp³-hybridized carbons (Fsp3) is 0.550. The largest absolute Gasteiger partial charge is 0.444 e. The molecule has 1 aliphatic rings. The Kier molecular flexibility index (Phi) is 7.53. The summed E-state index contributed by atoms with van der Waals surface area (Å²) < 4.78 is 31.9. The number of amides is 3. The van der Waals surface area contributed by atoms with Crippen molar-refractivity contribution in [2.24, 2.45) is 0 Å². The molecule has 160 valence electrons. The molecule has 29 heavy (non-hydrogen) atoms. The smallest absolute Gasteiger partial charge is 0.407 e. The minimum absolute atomic E-state index is 0.105. The molecule has 1 heterocycles. The summed E-state index contributed by atoms with van der Waals surface area (Å²) >= 11 is 0. The van der Waals surface area contributed by atoms with E-state index < -0.39 is 29.2 Å². The summed E-state index contributed by atoms with van der Waals surface area (Å²) in [5.74, 6) is -2.33. The highest BCUT2D eigenvalue weighted by Gasteiger charge is 2.26. The Morgan fingerprint density at radius 2 is 1.83 bits per heavy atom. The van der Waals surface area contributed by atoms with Crippen LogP contribution in [0.25, 0.3) is 0 Å². The van der Waals surface area contributed by atoms with Crippen molar-refractivity contribution in [2.75, 3.05) is 19.6 Å². The van der Waals surface area contributed by atoms with Gasteiger partial charge in [0.15, 0.2) is 0 Å². The van der Waals surface area contributed by atoms with Gasteiger partial charge in [-0.05, 0) is 45.7 Å². The Morgan fingerprint density at radius 3 is 2.41 bits per heavy atom. The third kappa shape index (κ3) is 7.32. The highest BCUT2D eigenvalue weighted by molar-refractivity contribution is 5.94. The lowest BCUT2D eigenvalue weighted by atomic mass is 10.0. The Bertz CT molecular complexity index is 757. The number of nitrogens with zero attached hydrogens (tertiary/aromatic N) is 1. The van der Waals surface area contributed by atoms with Crippen LogP contribution < -0.4 is 10.6 Å². The molecule has 0 unspecified atom stereocenters. The number of alkyl carbamates (subject to hydrolysis) is 1. The standard InChI is InChI=1S/C20H27F2N3O4/c1-20(2,3)29-19(28)23-9-6-17(26)24-14-7-10-25(11-8-14)18(27)15-5-4-13(21)12-16(15)22/h4-5,12,14H,6-11H2,1-3H3,(H,23,28)(H,24,26). The zero-order valence-corrected chi connectivity index (χ0v) is 16.9. The number of hydrogen-bond donors (Lipinski definition) is 2. The van der Waals surface area contributed by atoms with E-state index in [2.05, 4.69) is 10.6 Å². The molecule has 1 saturated heterocycles. The second-order valence-electron chi connectivity index (χ2n) is 7.94. The summed E-state index contributed by atoms with van der Waals surface area (Å²) in [4.78, 5) is 37.4. The first-order chi connectivity index (χ1) is 13.5. The van der Waals surface area contributed by atoms with Gasteiger partial charge in [-0.15, -0.1) is 0 Å². The van der Waals surface area contributed by atoms with E-state index in [1.165, 1.54) is 4.90 Å². The van der Waals surface area contributed by atoms with Gasteiger partial charge in [0.25, 0.3) is 5.91 Å². The van der Waals surface area contributed by atoms with Crippen LogP contribution in [0, 0.1) is 11.6 Å². The lowest BCUT2D eigenvalue weighted by molar-refractivity contribution is -0.121. The molecule has 9 heteroatoms. The molecule has 1 fully saturated rings. The topological polar surface area (TPSA) is 87.7 Å². The Hall–Kier alpha value is -2.71. The summed E-state index contributed by atoms with van der Waals surface area (Å²) in [6, 6.07) is 2.77. The Balaban J connectivity index is 1.72. The van der Waals surface area contributed by atoms with Gasteiger partial charge in [0.1, 0.15) is 17.2 Å². The number of ether oxygens (including phenoxy) is 1. The number of hydrogen-bond acceptors (Lipinski definition) is 4. The van der Waals surface area contributed by atoms with Crippen LogP contribution in [-0.4, -0.2) is 54.1 Å². The zero-order chi connectivity index (χ0) is 21.6. The third-order valence-electron chi connectivity index (χ3n) is 4.33. The second-order valence-corrected chi connectivity index (χ2v) is 7.94. The molecule has 1 aromatic carbocycles. The van der Waals surface area contributed by atoms with Crippen molar-refractivity contribution in [3.05, 3.63) is 35.4 Å². The third-order valence-corrected chi connectivity index (χ3v) is 4.33. The molecule has 0 spiro atoms. The number of likely N-dealkylation sites (tertiary alicyclic amines) is 1. The number of carbonyl (C=O) groups is 3. The summed E-state index contributed by atoms with van der Waals surface area (Å²) in [6.07, 6.45) is 0.587. The van der Waals surface area contributed by atoms with Crippen molar-refractivity contribution in [3.63, 3.8) is 0 Å². The highest BCUT2D eigenvalue weighted by Crippen LogP contribution is 2.17. The fourth-order valence-electron chi connectivity index (χ4n) is 2.95. The number of halogens is 2. The molecular formula is C20H27F2N3O4. The predicted octanol–water partition coefficient (Wildman–Crippen LogP) is 2.60. The van der Waals surface area contributed by atoms with Crippen LogP contribution in [0.15, 0.2) is 18.2 Å². The fourth-order valence-corrected chi connectivity index (χ4v) is 2.95. The molecule has 2 N–H and O–H groups in total. The van der Waals surface area contributed by atoms with E-state index in [1.54, 1.807) is 20.8 Å². The number of carbonyl (C=O) groups excluding carboxylic acids is 3. The summed E-state index contributed by atoms with van der Waals surface area (Å²) in [5, 5.41) is 5.39. The Morgan fingerprint density at radius 1 is 1.17 bits per heavy atom. The van der Waals surface area contributed by atoms with Crippen LogP contribution in [0.1, 0.15) is 50.4 Å². The van der Waals surface area contributed by atoms with E-state index >= 15 is 0 Å². The molecule has 0 aromatic heterocycles. The highest BCUT2D eigenvalue weighted by atomic mass is 19.1. The molecule has 0 atom stereocenters. The van der Waals surface area contributed by atoms with Crippen LogP contribution >= 0.6 is 0 Å². The molecule has 2 rings (SSSR count). The molecule has 0 aliphatic carbocycles. The lowest BCUT2D eigenvalue weighted by Gasteiger charge is -2.32. The maximum atomic E-state index is 13.8. The normalized spacial score (nSPS) is 15.0. The average molecular weight is 411 g/mol. The van der Waals surface area contributed by atoms with E-state index in [1.807, 2.05) is 0 Å². The number of piperidine rings is 1. The minimum Gasteiger partial charge on any atom is -0.444 e. The summed E-state index contributed by atoms with van der Waals surface area (Å²) in [5.41, 5.74) is -0.767. The first kappa shape index (κ1) is 22.6. The molecular weight excluding hydrogens is 384 g/mol. The molecule has 1 aromatic rings. The van der Waals surface area contributed by atoms with Crippen LogP contribution in [0.4, 0.5) is 13.6 Å². The number of rotatable bonds is 5. The van der Waals surface area contributed by atoms with Crippen molar-refractivity contribution in [1.82, 2.24) is 15.5 Å². The van der Waals surface area contributed by atoms with Gasteiger partial charge in [-0.3, -0.25) is 9.59 Å². The molecule has 1 aliphatic heterocycles. The van der Waals surface area contributed by atoms with Crippen molar-refractivity contribution in [1.29, 1.82) is 0 Å². The monoisotopic (exact) mass is 411 g/mol.